The number of rotatable bonds is 3. The molecule has 0 aromatic heterocycles. The van der Waals surface area contributed by atoms with Crippen LogP contribution in [0.2, 0.25) is 0 Å². The molecule has 114 valence electrons. The molecule has 1 N–H and O–H groups in total. The van der Waals surface area contributed by atoms with E-state index in [2.05, 4.69) is 36.3 Å². The maximum atomic E-state index is 12.1. The van der Waals surface area contributed by atoms with Gasteiger partial charge in [-0.1, -0.05) is 29.8 Å². The number of piperidine rings is 1. The van der Waals surface area contributed by atoms with Gasteiger partial charge in [0.1, 0.15) is 0 Å². The molecule has 0 bridgehead atoms. The Hall–Kier alpha value is -1.81. The summed E-state index contributed by atoms with van der Waals surface area (Å²) in [7, 11) is 4.01. The van der Waals surface area contributed by atoms with E-state index in [1.54, 1.807) is 6.20 Å². The molecule has 2 rings (SSSR count). The average Bonchev–Trinajstić information content (AvgIpc) is 2.47. The van der Waals surface area contributed by atoms with Crippen molar-refractivity contribution in [2.45, 2.75) is 25.8 Å². The van der Waals surface area contributed by atoms with Gasteiger partial charge < -0.3 is 15.1 Å². The number of likely N-dealkylation sites (tertiary alicyclic amines) is 1. The number of aryl methyl sites for hydroxylation is 1. The second kappa shape index (κ2) is 7.27. The van der Waals surface area contributed by atoms with Gasteiger partial charge in [0.25, 0.3) is 0 Å². The maximum absolute atomic E-state index is 12.1. The first-order valence-electron chi connectivity index (χ1n) is 7.51. The van der Waals surface area contributed by atoms with Gasteiger partial charge >= 0.3 is 6.03 Å². The predicted octanol–water partition coefficient (Wildman–Crippen LogP) is 2.70. The third-order valence-electron chi connectivity index (χ3n) is 4.08. The number of benzene rings is 1. The smallest absolute Gasteiger partial charge is 0.321 e. The van der Waals surface area contributed by atoms with Gasteiger partial charge in [0.05, 0.1) is 0 Å². The molecule has 0 atom stereocenters. The van der Waals surface area contributed by atoms with Crippen LogP contribution >= 0.6 is 0 Å². The van der Waals surface area contributed by atoms with E-state index < -0.39 is 0 Å². The standard InChI is InChI=1S/C17H25N3O/c1-14-5-4-6-15(13-14)7-10-18-17(21)20(3)16-8-11-19(2)12-9-16/h4-7,10,13,16H,8-9,11-12H2,1-3H3,(H,18,21)/b10-7+. The van der Waals surface area contributed by atoms with Gasteiger partial charge in [-0.05, 0) is 51.5 Å². The molecular weight excluding hydrogens is 262 g/mol. The Kier molecular flexibility index (Phi) is 5.39. The van der Waals surface area contributed by atoms with Crippen molar-refractivity contribution in [3.63, 3.8) is 0 Å². The number of carbonyl (C=O) groups excluding carboxylic acids is 1. The van der Waals surface area contributed by atoms with Crippen LogP contribution < -0.4 is 5.32 Å². The Morgan fingerprint density at radius 3 is 2.76 bits per heavy atom. The van der Waals surface area contributed by atoms with E-state index in [1.807, 2.05) is 30.2 Å². The maximum Gasteiger partial charge on any atom is 0.321 e. The molecule has 1 saturated heterocycles. The van der Waals surface area contributed by atoms with E-state index in [0.717, 1.165) is 31.5 Å². The highest BCUT2D eigenvalue weighted by Gasteiger charge is 2.23. The Balaban J connectivity index is 1.83. The zero-order chi connectivity index (χ0) is 15.2. The molecule has 21 heavy (non-hydrogen) atoms. The molecule has 0 radical (unpaired) electrons. The second-order valence-corrected chi connectivity index (χ2v) is 5.84. The zero-order valence-electron chi connectivity index (χ0n) is 13.2. The van der Waals surface area contributed by atoms with Crippen LogP contribution in [0, 0.1) is 6.92 Å². The number of amides is 2. The summed E-state index contributed by atoms with van der Waals surface area (Å²) in [5, 5.41) is 2.85. The van der Waals surface area contributed by atoms with E-state index in [0.29, 0.717) is 6.04 Å². The fourth-order valence-corrected chi connectivity index (χ4v) is 2.63. The van der Waals surface area contributed by atoms with Gasteiger partial charge in [0.2, 0.25) is 0 Å². The molecule has 2 amide bonds. The third kappa shape index (κ3) is 4.60. The molecule has 1 fully saturated rings. The van der Waals surface area contributed by atoms with Crippen LogP contribution in [-0.4, -0.2) is 49.1 Å². The number of urea groups is 1. The lowest BCUT2D eigenvalue weighted by Gasteiger charge is -2.34. The molecule has 1 aliphatic heterocycles. The Bertz CT molecular complexity index is 505. The highest BCUT2D eigenvalue weighted by molar-refractivity contribution is 5.76. The number of hydrogen-bond acceptors (Lipinski definition) is 2. The van der Waals surface area contributed by atoms with Crippen LogP contribution in [0.4, 0.5) is 4.79 Å². The topological polar surface area (TPSA) is 35.6 Å². The quantitative estimate of drug-likeness (QED) is 0.928. The van der Waals surface area contributed by atoms with Gasteiger partial charge in [-0.15, -0.1) is 0 Å². The van der Waals surface area contributed by atoms with Crippen LogP contribution in [0.15, 0.2) is 30.5 Å². The molecular formula is C17H25N3O. The van der Waals surface area contributed by atoms with Crippen molar-refractivity contribution < 1.29 is 4.79 Å². The highest BCUT2D eigenvalue weighted by Crippen LogP contribution is 2.14. The summed E-state index contributed by atoms with van der Waals surface area (Å²) in [4.78, 5) is 16.3. The van der Waals surface area contributed by atoms with E-state index in [9.17, 15) is 4.79 Å². The first kappa shape index (κ1) is 15.6. The average molecular weight is 287 g/mol. The SMILES string of the molecule is Cc1cccc(/C=C/NC(=O)N(C)C2CCN(C)CC2)c1. The van der Waals surface area contributed by atoms with Gasteiger partial charge in [0, 0.05) is 19.3 Å². The van der Waals surface area contributed by atoms with Crippen LogP contribution in [0.1, 0.15) is 24.0 Å². The minimum atomic E-state index is -0.0338. The summed E-state index contributed by atoms with van der Waals surface area (Å²) in [5.41, 5.74) is 2.31. The monoisotopic (exact) mass is 287 g/mol. The summed E-state index contributed by atoms with van der Waals surface area (Å²) < 4.78 is 0. The van der Waals surface area contributed by atoms with E-state index in [1.165, 1.54) is 5.56 Å². The lowest BCUT2D eigenvalue weighted by Crippen LogP contribution is -2.47. The van der Waals surface area contributed by atoms with Gasteiger partial charge in [-0.2, -0.15) is 0 Å². The van der Waals surface area contributed by atoms with Crippen LogP contribution in [0.25, 0.3) is 6.08 Å². The third-order valence-corrected chi connectivity index (χ3v) is 4.08. The first-order chi connectivity index (χ1) is 10.1. The molecule has 1 aromatic carbocycles. The summed E-state index contributed by atoms with van der Waals surface area (Å²) in [6.45, 7) is 4.17. The lowest BCUT2D eigenvalue weighted by atomic mass is 10.0. The highest BCUT2D eigenvalue weighted by atomic mass is 16.2. The second-order valence-electron chi connectivity index (χ2n) is 5.84. The van der Waals surface area contributed by atoms with Crippen molar-refractivity contribution in [1.29, 1.82) is 0 Å². The molecule has 0 saturated carbocycles. The summed E-state index contributed by atoms with van der Waals surface area (Å²) in [6, 6.07) is 8.49. The van der Waals surface area contributed by atoms with Crippen LogP contribution in [0.5, 0.6) is 0 Å². The molecule has 1 aromatic rings. The van der Waals surface area contributed by atoms with Crippen LogP contribution in [0.3, 0.4) is 0 Å². The first-order valence-corrected chi connectivity index (χ1v) is 7.51. The number of nitrogens with one attached hydrogen (secondary N) is 1. The normalized spacial score (nSPS) is 17.1. The van der Waals surface area contributed by atoms with Crippen molar-refractivity contribution in [3.05, 3.63) is 41.6 Å². The largest absolute Gasteiger partial charge is 0.325 e. The minimum absolute atomic E-state index is 0.0338. The Morgan fingerprint density at radius 1 is 1.38 bits per heavy atom. The molecule has 0 aliphatic carbocycles. The van der Waals surface area contributed by atoms with Crippen molar-refractivity contribution in [3.8, 4) is 0 Å². The van der Waals surface area contributed by atoms with E-state index in [4.69, 9.17) is 0 Å². The predicted molar refractivity (Wildman–Crippen MR) is 87.0 cm³/mol. The summed E-state index contributed by atoms with van der Waals surface area (Å²) in [6.07, 6.45) is 5.74. The number of hydrogen-bond donors (Lipinski definition) is 1. The zero-order valence-corrected chi connectivity index (χ0v) is 13.2. The van der Waals surface area contributed by atoms with Crippen molar-refractivity contribution in [2.24, 2.45) is 0 Å². The Morgan fingerprint density at radius 2 is 2.10 bits per heavy atom. The van der Waals surface area contributed by atoms with Gasteiger partial charge in [0.15, 0.2) is 0 Å². The Labute approximate surface area is 127 Å². The number of carbonyl (C=O) groups is 1. The molecule has 0 unspecified atom stereocenters. The van der Waals surface area contributed by atoms with Gasteiger partial charge in [-0.25, -0.2) is 4.79 Å². The summed E-state index contributed by atoms with van der Waals surface area (Å²) >= 11 is 0. The minimum Gasteiger partial charge on any atom is -0.325 e. The molecule has 1 aliphatic rings. The van der Waals surface area contributed by atoms with Crippen molar-refractivity contribution in [1.82, 2.24) is 15.1 Å². The van der Waals surface area contributed by atoms with E-state index in [-0.39, 0.29) is 6.03 Å². The van der Waals surface area contributed by atoms with Crippen LogP contribution in [-0.2, 0) is 0 Å². The fourth-order valence-electron chi connectivity index (χ4n) is 2.63. The summed E-state index contributed by atoms with van der Waals surface area (Å²) in [5.74, 6) is 0. The fraction of sp³-hybridized carbons (Fsp3) is 0.471. The van der Waals surface area contributed by atoms with Gasteiger partial charge in [-0.3, -0.25) is 0 Å². The lowest BCUT2D eigenvalue weighted by molar-refractivity contribution is 0.150. The number of nitrogens with zero attached hydrogens (tertiary/aromatic N) is 2. The molecule has 4 nitrogen and oxygen atoms in total. The van der Waals surface area contributed by atoms with E-state index >= 15 is 0 Å². The molecule has 1 heterocycles. The van der Waals surface area contributed by atoms with Crippen molar-refractivity contribution in [2.75, 3.05) is 27.2 Å². The molecule has 0 spiro atoms. The van der Waals surface area contributed by atoms with Crippen molar-refractivity contribution >= 4 is 12.1 Å². The molecule has 4 heteroatoms.